The molecule has 0 bridgehead atoms. The lowest BCUT2D eigenvalue weighted by Gasteiger charge is -2.12. The van der Waals surface area contributed by atoms with Crippen molar-refractivity contribution in [1.29, 1.82) is 0 Å². The van der Waals surface area contributed by atoms with Crippen molar-refractivity contribution in [2.45, 2.75) is 30.7 Å². The third-order valence-corrected chi connectivity index (χ3v) is 4.92. The molecule has 1 amide bonds. The average Bonchev–Trinajstić information content (AvgIpc) is 3.03. The SMILES string of the molecule is CCc1ccc(NC(=O)[C@@H](C)Sc2nnc(-c3cccnc3)n2N)cc1. The van der Waals surface area contributed by atoms with E-state index in [0.29, 0.717) is 11.0 Å². The van der Waals surface area contributed by atoms with Gasteiger partial charge in [0.1, 0.15) is 0 Å². The molecule has 1 aromatic carbocycles. The molecule has 1 atom stereocenters. The van der Waals surface area contributed by atoms with Crippen LogP contribution in [0, 0.1) is 0 Å². The molecule has 2 aromatic heterocycles. The van der Waals surface area contributed by atoms with E-state index in [-0.39, 0.29) is 11.2 Å². The Kier molecular flexibility index (Phi) is 5.52. The number of thioether (sulfide) groups is 1. The average molecular weight is 368 g/mol. The Morgan fingerprint density at radius 1 is 1.27 bits per heavy atom. The molecular formula is C18H20N6OS. The van der Waals surface area contributed by atoms with E-state index in [1.54, 1.807) is 25.4 Å². The van der Waals surface area contributed by atoms with E-state index >= 15 is 0 Å². The molecular weight excluding hydrogens is 348 g/mol. The van der Waals surface area contributed by atoms with E-state index in [0.717, 1.165) is 17.7 Å². The Morgan fingerprint density at radius 3 is 2.69 bits per heavy atom. The third kappa shape index (κ3) is 4.02. The first kappa shape index (κ1) is 17.9. The quantitative estimate of drug-likeness (QED) is 0.513. The number of hydrogen-bond acceptors (Lipinski definition) is 6. The summed E-state index contributed by atoms with van der Waals surface area (Å²) in [6.45, 7) is 3.90. The second-order valence-corrected chi connectivity index (χ2v) is 7.03. The number of aromatic nitrogens is 4. The van der Waals surface area contributed by atoms with Crippen molar-refractivity contribution in [2.24, 2.45) is 0 Å². The summed E-state index contributed by atoms with van der Waals surface area (Å²) in [4.78, 5) is 16.5. The van der Waals surface area contributed by atoms with Crippen molar-refractivity contribution >= 4 is 23.4 Å². The lowest BCUT2D eigenvalue weighted by atomic mass is 10.1. The van der Waals surface area contributed by atoms with E-state index in [1.165, 1.54) is 22.0 Å². The standard InChI is InChI=1S/C18H20N6OS/c1-3-13-6-8-15(9-7-13)21-17(25)12(2)26-18-23-22-16(24(18)19)14-5-4-10-20-11-14/h4-12H,3,19H2,1-2H3,(H,21,25)/t12-/m1/s1. The molecule has 0 unspecified atom stereocenters. The number of amides is 1. The number of pyridine rings is 1. The van der Waals surface area contributed by atoms with Crippen molar-refractivity contribution in [1.82, 2.24) is 19.9 Å². The van der Waals surface area contributed by atoms with Crippen LogP contribution in [0.2, 0.25) is 0 Å². The fraction of sp³-hybridized carbons (Fsp3) is 0.222. The summed E-state index contributed by atoms with van der Waals surface area (Å²) >= 11 is 1.25. The number of carbonyl (C=O) groups is 1. The first-order valence-corrected chi connectivity index (χ1v) is 9.13. The van der Waals surface area contributed by atoms with Gasteiger partial charge < -0.3 is 11.2 Å². The number of hydrogen-bond donors (Lipinski definition) is 2. The first-order valence-electron chi connectivity index (χ1n) is 8.26. The van der Waals surface area contributed by atoms with Crippen LogP contribution in [-0.2, 0) is 11.2 Å². The largest absolute Gasteiger partial charge is 0.335 e. The second-order valence-electron chi connectivity index (χ2n) is 5.72. The third-order valence-electron chi connectivity index (χ3n) is 3.87. The van der Waals surface area contributed by atoms with Crippen LogP contribution in [-0.4, -0.2) is 31.0 Å². The summed E-state index contributed by atoms with van der Waals surface area (Å²) in [7, 11) is 0. The number of rotatable bonds is 6. The minimum atomic E-state index is -0.380. The number of nitrogens with two attached hydrogens (primary N) is 1. The number of carbonyl (C=O) groups excluding carboxylic acids is 1. The summed E-state index contributed by atoms with van der Waals surface area (Å²) < 4.78 is 1.38. The summed E-state index contributed by atoms with van der Waals surface area (Å²) in [5.41, 5.74) is 2.76. The maximum Gasteiger partial charge on any atom is 0.237 e. The molecule has 3 aromatic rings. The summed E-state index contributed by atoms with van der Waals surface area (Å²) in [5.74, 6) is 6.46. The molecule has 8 heteroatoms. The minimum absolute atomic E-state index is 0.120. The molecule has 0 radical (unpaired) electrons. The van der Waals surface area contributed by atoms with E-state index in [9.17, 15) is 4.79 Å². The van der Waals surface area contributed by atoms with Gasteiger partial charge in [0, 0.05) is 23.6 Å². The summed E-state index contributed by atoms with van der Waals surface area (Å²) in [6.07, 6.45) is 4.31. The molecule has 0 spiro atoms. The van der Waals surface area contributed by atoms with Crippen LogP contribution in [0.5, 0.6) is 0 Å². The van der Waals surface area contributed by atoms with Gasteiger partial charge in [-0.1, -0.05) is 30.8 Å². The molecule has 3 rings (SSSR count). The Bertz CT molecular complexity index is 878. The molecule has 0 aliphatic rings. The predicted octanol–water partition coefficient (Wildman–Crippen LogP) is 2.74. The van der Waals surface area contributed by atoms with Gasteiger partial charge in [-0.05, 0) is 43.2 Å². The molecule has 0 saturated heterocycles. The maximum absolute atomic E-state index is 12.4. The van der Waals surface area contributed by atoms with E-state index in [4.69, 9.17) is 5.84 Å². The Morgan fingerprint density at radius 2 is 2.04 bits per heavy atom. The zero-order chi connectivity index (χ0) is 18.5. The van der Waals surface area contributed by atoms with Crippen LogP contribution in [0.3, 0.4) is 0 Å². The van der Waals surface area contributed by atoms with E-state index in [2.05, 4.69) is 27.4 Å². The fourth-order valence-electron chi connectivity index (χ4n) is 2.33. The number of nitrogens with one attached hydrogen (secondary N) is 1. The van der Waals surface area contributed by atoms with Crippen LogP contribution in [0.1, 0.15) is 19.4 Å². The van der Waals surface area contributed by atoms with Gasteiger partial charge in [-0.3, -0.25) is 9.78 Å². The number of benzene rings is 1. The van der Waals surface area contributed by atoms with Crippen LogP contribution < -0.4 is 11.2 Å². The highest BCUT2D eigenvalue weighted by Crippen LogP contribution is 2.25. The highest BCUT2D eigenvalue weighted by atomic mass is 32.2. The topological polar surface area (TPSA) is 98.7 Å². The molecule has 26 heavy (non-hydrogen) atoms. The van der Waals surface area contributed by atoms with Gasteiger partial charge in [-0.15, -0.1) is 10.2 Å². The smallest absolute Gasteiger partial charge is 0.237 e. The predicted molar refractivity (Wildman–Crippen MR) is 103 cm³/mol. The molecule has 134 valence electrons. The van der Waals surface area contributed by atoms with Crippen LogP contribution >= 0.6 is 11.8 Å². The normalized spacial score (nSPS) is 11.9. The highest BCUT2D eigenvalue weighted by Gasteiger charge is 2.20. The second kappa shape index (κ2) is 8.01. The molecule has 2 heterocycles. The molecule has 7 nitrogen and oxygen atoms in total. The van der Waals surface area contributed by atoms with Gasteiger partial charge in [0.25, 0.3) is 0 Å². The Balaban J connectivity index is 1.66. The number of aryl methyl sites for hydroxylation is 1. The van der Waals surface area contributed by atoms with Gasteiger partial charge in [0.15, 0.2) is 5.82 Å². The molecule has 3 N–H and O–H groups in total. The Labute approximate surface area is 156 Å². The van der Waals surface area contributed by atoms with E-state index < -0.39 is 0 Å². The minimum Gasteiger partial charge on any atom is -0.335 e. The number of nitrogens with zero attached hydrogens (tertiary/aromatic N) is 4. The monoisotopic (exact) mass is 368 g/mol. The van der Waals surface area contributed by atoms with Crippen molar-refractivity contribution in [3.05, 3.63) is 54.4 Å². The van der Waals surface area contributed by atoms with Crippen molar-refractivity contribution < 1.29 is 4.79 Å². The first-order chi connectivity index (χ1) is 12.6. The lowest BCUT2D eigenvalue weighted by molar-refractivity contribution is -0.115. The fourth-order valence-corrected chi connectivity index (χ4v) is 3.10. The van der Waals surface area contributed by atoms with Gasteiger partial charge in [0.05, 0.1) is 5.25 Å². The van der Waals surface area contributed by atoms with Crippen LogP contribution in [0.4, 0.5) is 5.69 Å². The molecule has 0 aliphatic heterocycles. The highest BCUT2D eigenvalue weighted by molar-refractivity contribution is 8.00. The molecule has 0 saturated carbocycles. The molecule has 0 fully saturated rings. The summed E-state index contributed by atoms with van der Waals surface area (Å²) in [5, 5.41) is 11.2. The van der Waals surface area contributed by atoms with Crippen LogP contribution in [0.15, 0.2) is 53.9 Å². The van der Waals surface area contributed by atoms with Crippen LogP contribution in [0.25, 0.3) is 11.4 Å². The lowest BCUT2D eigenvalue weighted by Crippen LogP contribution is -2.23. The number of nitrogen functional groups attached to an aromatic ring is 1. The van der Waals surface area contributed by atoms with Gasteiger partial charge in [-0.2, -0.15) is 0 Å². The summed E-state index contributed by atoms with van der Waals surface area (Å²) in [6, 6.07) is 11.5. The zero-order valence-electron chi connectivity index (χ0n) is 14.6. The Hall–Kier alpha value is -2.87. The van der Waals surface area contributed by atoms with E-state index in [1.807, 2.05) is 30.3 Å². The zero-order valence-corrected chi connectivity index (χ0v) is 15.4. The van der Waals surface area contributed by atoms with Gasteiger partial charge in [-0.25, -0.2) is 4.68 Å². The van der Waals surface area contributed by atoms with Crippen molar-refractivity contribution in [3.8, 4) is 11.4 Å². The van der Waals surface area contributed by atoms with Crippen molar-refractivity contribution in [2.75, 3.05) is 11.2 Å². The maximum atomic E-state index is 12.4. The van der Waals surface area contributed by atoms with Gasteiger partial charge >= 0.3 is 0 Å². The molecule has 0 aliphatic carbocycles. The number of anilines is 1. The van der Waals surface area contributed by atoms with Gasteiger partial charge in [0.2, 0.25) is 11.1 Å². The van der Waals surface area contributed by atoms with Crippen molar-refractivity contribution in [3.63, 3.8) is 0 Å².